The van der Waals surface area contributed by atoms with Crippen molar-refractivity contribution in [2.45, 2.75) is 13.8 Å². The van der Waals surface area contributed by atoms with Gasteiger partial charge in [0.05, 0.1) is 6.21 Å². The lowest BCUT2D eigenvalue weighted by molar-refractivity contribution is -0.110. The van der Waals surface area contributed by atoms with Crippen molar-refractivity contribution in [2.75, 3.05) is 7.05 Å². The Hall–Kier alpha value is -1.19. The molecule has 0 aromatic carbocycles. The zero-order valence-corrected chi connectivity index (χ0v) is 6.42. The van der Waals surface area contributed by atoms with Gasteiger partial charge in [0.25, 0.3) is 0 Å². The summed E-state index contributed by atoms with van der Waals surface area (Å²) in [5, 5.41) is 3.45. The summed E-state index contributed by atoms with van der Waals surface area (Å²) in [6.07, 6.45) is 1.97. The molecule has 4 heteroatoms. The fraction of sp³-hybridized carbons (Fsp3) is 0.500. The maximum Gasteiger partial charge on any atom is 0.172 e. The molecule has 58 valence electrons. The minimum absolute atomic E-state index is 0.0469. The van der Waals surface area contributed by atoms with E-state index in [1.54, 1.807) is 7.05 Å². The van der Waals surface area contributed by atoms with Crippen LogP contribution in [0.5, 0.6) is 0 Å². The molecule has 0 bridgehead atoms. The summed E-state index contributed by atoms with van der Waals surface area (Å²) in [6.45, 7) is 2.89. The first kappa shape index (κ1) is 11.6. The van der Waals surface area contributed by atoms with Crippen molar-refractivity contribution >= 4 is 18.3 Å². The number of hydrogen-bond donors (Lipinski definition) is 1. The minimum atomic E-state index is -0.0469. The van der Waals surface area contributed by atoms with Crippen molar-refractivity contribution in [3.63, 3.8) is 0 Å². The van der Waals surface area contributed by atoms with E-state index >= 15 is 0 Å². The topological polar surface area (TPSA) is 58.5 Å². The molecule has 0 aliphatic rings. The predicted octanol–water partition coefficient (Wildman–Crippen LogP) is -0.0142. The Bertz CT molecular complexity index is 121. The number of nitrogens with one attached hydrogen (secondary N) is 1. The average molecular weight is 144 g/mol. The van der Waals surface area contributed by atoms with E-state index in [1.807, 2.05) is 0 Å². The summed E-state index contributed by atoms with van der Waals surface area (Å²) < 4.78 is 0. The first-order valence-electron chi connectivity index (χ1n) is 2.79. The van der Waals surface area contributed by atoms with Gasteiger partial charge in [-0.3, -0.25) is 4.79 Å². The van der Waals surface area contributed by atoms with E-state index in [0.29, 0.717) is 0 Å². The zero-order valence-electron chi connectivity index (χ0n) is 6.42. The maximum atomic E-state index is 10.0. The summed E-state index contributed by atoms with van der Waals surface area (Å²) >= 11 is 0. The lowest BCUT2D eigenvalue weighted by Crippen LogP contribution is -1.98. The number of hydrazone groups is 1. The molecule has 0 spiro atoms. The Morgan fingerprint density at radius 3 is 2.10 bits per heavy atom. The van der Waals surface area contributed by atoms with Crippen molar-refractivity contribution in [1.29, 1.82) is 0 Å². The Morgan fingerprint density at radius 2 is 2.00 bits per heavy atom. The van der Waals surface area contributed by atoms with E-state index in [0.717, 1.165) is 6.29 Å². The molecular weight excluding hydrogens is 132 g/mol. The van der Waals surface area contributed by atoms with E-state index in [4.69, 9.17) is 4.79 Å². The fourth-order valence-electron chi connectivity index (χ4n) is 0.155. The SMILES string of the molecule is CC=O.CNN=CC(C)=O. The number of rotatable bonds is 2. The second-order valence-corrected chi connectivity index (χ2v) is 1.33. The maximum absolute atomic E-state index is 10.0. The Morgan fingerprint density at radius 1 is 1.60 bits per heavy atom. The van der Waals surface area contributed by atoms with Crippen LogP contribution in [0.4, 0.5) is 0 Å². The molecule has 0 atom stereocenters. The first-order valence-corrected chi connectivity index (χ1v) is 2.79. The van der Waals surface area contributed by atoms with Crippen molar-refractivity contribution < 1.29 is 9.59 Å². The molecule has 4 nitrogen and oxygen atoms in total. The van der Waals surface area contributed by atoms with Crippen LogP contribution in [0.25, 0.3) is 0 Å². The first-order chi connectivity index (χ1) is 4.68. The second kappa shape index (κ2) is 10.7. The normalized spacial score (nSPS) is 7.90. The van der Waals surface area contributed by atoms with Gasteiger partial charge in [-0.25, -0.2) is 0 Å². The van der Waals surface area contributed by atoms with Crippen LogP contribution in [-0.2, 0) is 9.59 Å². The van der Waals surface area contributed by atoms with Gasteiger partial charge in [-0.05, 0) is 6.92 Å². The molecule has 0 aromatic heterocycles. The number of carbonyl (C=O) groups excluding carboxylic acids is 2. The van der Waals surface area contributed by atoms with Crippen LogP contribution in [0.2, 0.25) is 0 Å². The second-order valence-electron chi connectivity index (χ2n) is 1.33. The Balaban J connectivity index is 0. The van der Waals surface area contributed by atoms with E-state index < -0.39 is 0 Å². The predicted molar refractivity (Wildman–Crippen MR) is 40.0 cm³/mol. The van der Waals surface area contributed by atoms with E-state index in [1.165, 1.54) is 20.1 Å². The smallest absolute Gasteiger partial charge is 0.172 e. The van der Waals surface area contributed by atoms with Crippen LogP contribution < -0.4 is 5.43 Å². The third kappa shape index (κ3) is 29.1. The van der Waals surface area contributed by atoms with Gasteiger partial charge in [-0.1, -0.05) is 0 Å². The number of Topliss-reactive ketones (excluding diaryl/α,β-unsaturated/α-hetero) is 1. The molecule has 1 N–H and O–H groups in total. The highest BCUT2D eigenvalue weighted by atomic mass is 16.1. The highest BCUT2D eigenvalue weighted by Crippen LogP contribution is 1.56. The Labute approximate surface area is 60.3 Å². The average Bonchev–Trinajstić information content (AvgIpc) is 1.85. The molecule has 0 unspecified atom stereocenters. The molecule has 0 heterocycles. The quantitative estimate of drug-likeness (QED) is 0.337. The van der Waals surface area contributed by atoms with Crippen molar-refractivity contribution in [3.05, 3.63) is 0 Å². The van der Waals surface area contributed by atoms with Crippen LogP contribution in [0.15, 0.2) is 5.10 Å². The highest BCUT2D eigenvalue weighted by molar-refractivity contribution is 6.26. The summed E-state index contributed by atoms with van der Waals surface area (Å²) in [4.78, 5) is 18.8. The van der Waals surface area contributed by atoms with Gasteiger partial charge in [-0.15, -0.1) is 0 Å². The molecule has 10 heavy (non-hydrogen) atoms. The van der Waals surface area contributed by atoms with Gasteiger partial charge in [0.2, 0.25) is 0 Å². The number of carbonyl (C=O) groups is 2. The van der Waals surface area contributed by atoms with Crippen molar-refractivity contribution in [2.24, 2.45) is 5.10 Å². The number of nitrogens with zero attached hydrogens (tertiary/aromatic N) is 1. The molecule has 0 radical (unpaired) electrons. The standard InChI is InChI=1S/C4H8N2O.C2H4O/c1-4(7)3-6-5-2;1-2-3/h3,5H,1-2H3;2H,1H3. The van der Waals surface area contributed by atoms with Gasteiger partial charge in [0, 0.05) is 14.0 Å². The molecular formula is C6H12N2O2. The van der Waals surface area contributed by atoms with Gasteiger partial charge in [0.15, 0.2) is 5.78 Å². The van der Waals surface area contributed by atoms with Gasteiger partial charge in [0.1, 0.15) is 6.29 Å². The molecule has 0 saturated heterocycles. The highest BCUT2D eigenvalue weighted by Gasteiger charge is 1.76. The number of aldehydes is 1. The van der Waals surface area contributed by atoms with Gasteiger partial charge >= 0.3 is 0 Å². The lowest BCUT2D eigenvalue weighted by atomic mass is 10.5. The van der Waals surface area contributed by atoms with Crippen LogP contribution in [0.3, 0.4) is 0 Å². The van der Waals surface area contributed by atoms with Crippen molar-refractivity contribution in [1.82, 2.24) is 5.43 Å². The third-order valence-electron chi connectivity index (χ3n) is 0.375. The van der Waals surface area contributed by atoms with Gasteiger partial charge < -0.3 is 10.2 Å². The third-order valence-corrected chi connectivity index (χ3v) is 0.375. The lowest BCUT2D eigenvalue weighted by Gasteiger charge is -1.79. The molecule has 0 aromatic rings. The molecule has 0 saturated carbocycles. The molecule has 0 amide bonds. The zero-order chi connectivity index (χ0) is 8.41. The summed E-state index contributed by atoms with van der Waals surface area (Å²) in [6, 6.07) is 0. The largest absolute Gasteiger partial charge is 0.313 e. The van der Waals surface area contributed by atoms with E-state index in [-0.39, 0.29) is 5.78 Å². The molecule has 0 aliphatic carbocycles. The van der Waals surface area contributed by atoms with Crippen LogP contribution in [-0.4, -0.2) is 25.3 Å². The number of ketones is 1. The summed E-state index contributed by atoms with van der Waals surface area (Å²) in [7, 11) is 1.64. The van der Waals surface area contributed by atoms with Crippen LogP contribution >= 0.6 is 0 Å². The monoisotopic (exact) mass is 144 g/mol. The molecule has 0 aliphatic heterocycles. The van der Waals surface area contributed by atoms with E-state index in [9.17, 15) is 4.79 Å². The number of hydrogen-bond acceptors (Lipinski definition) is 4. The summed E-state index contributed by atoms with van der Waals surface area (Å²) in [5.41, 5.74) is 2.45. The fourth-order valence-corrected chi connectivity index (χ4v) is 0.155. The Kier molecular flexibility index (Phi) is 12.4. The molecule has 0 rings (SSSR count). The van der Waals surface area contributed by atoms with Crippen molar-refractivity contribution in [3.8, 4) is 0 Å². The molecule has 0 fully saturated rings. The minimum Gasteiger partial charge on any atom is -0.313 e. The van der Waals surface area contributed by atoms with E-state index in [2.05, 4.69) is 10.5 Å². The van der Waals surface area contributed by atoms with Crippen LogP contribution in [0, 0.1) is 0 Å². The summed E-state index contributed by atoms with van der Waals surface area (Å²) in [5.74, 6) is -0.0469. The van der Waals surface area contributed by atoms with Gasteiger partial charge in [-0.2, -0.15) is 5.10 Å². The van der Waals surface area contributed by atoms with Crippen LogP contribution in [0.1, 0.15) is 13.8 Å².